The van der Waals surface area contributed by atoms with Crippen LogP contribution in [-0.2, 0) is 17.8 Å². The van der Waals surface area contributed by atoms with E-state index in [9.17, 15) is 4.79 Å². The number of thiophene rings is 1. The topological polar surface area (TPSA) is 33.5 Å². The van der Waals surface area contributed by atoms with Gasteiger partial charge in [-0.25, -0.2) is 0 Å². The monoisotopic (exact) mass is 259 g/mol. The quantitative estimate of drug-likeness (QED) is 0.777. The van der Waals surface area contributed by atoms with Crippen molar-refractivity contribution in [2.75, 3.05) is 6.54 Å². The van der Waals surface area contributed by atoms with Crippen molar-refractivity contribution in [3.05, 3.63) is 52.1 Å². The van der Waals surface area contributed by atoms with Crippen LogP contribution in [0.2, 0.25) is 0 Å². The molecule has 3 nitrogen and oxygen atoms in total. The number of furan rings is 1. The van der Waals surface area contributed by atoms with Crippen LogP contribution in [0.5, 0.6) is 0 Å². The van der Waals surface area contributed by atoms with Crippen LogP contribution in [0.4, 0.5) is 0 Å². The molecule has 2 aromatic heterocycles. The maximum atomic E-state index is 12.0. The first-order valence-electron chi connectivity index (χ1n) is 5.88. The summed E-state index contributed by atoms with van der Waals surface area (Å²) in [6, 6.07) is 5.75. The highest BCUT2D eigenvalue weighted by Gasteiger charge is 2.19. The normalized spacial score (nSPS) is 15.0. The van der Waals surface area contributed by atoms with E-state index in [0.717, 1.165) is 19.5 Å². The number of hydrogen-bond acceptors (Lipinski definition) is 3. The van der Waals surface area contributed by atoms with Crippen LogP contribution in [0.15, 0.2) is 40.3 Å². The fraction of sp³-hybridized carbons (Fsp3) is 0.214. The summed E-state index contributed by atoms with van der Waals surface area (Å²) < 4.78 is 5.16. The van der Waals surface area contributed by atoms with E-state index < -0.39 is 0 Å². The Labute approximate surface area is 109 Å². The average Bonchev–Trinajstić information content (AvgIpc) is 3.05. The van der Waals surface area contributed by atoms with Crippen LogP contribution >= 0.6 is 11.3 Å². The molecule has 3 rings (SSSR count). The standard InChI is InChI=1S/C14H13NO2S/c16-14(4-3-12-2-1-8-17-12)15-7-5-13-11(10-15)6-9-18-13/h1-4,6,8-9H,5,7,10H2/b4-3+. The van der Waals surface area contributed by atoms with Crippen molar-refractivity contribution in [3.63, 3.8) is 0 Å². The van der Waals surface area contributed by atoms with Gasteiger partial charge in [-0.2, -0.15) is 0 Å². The molecule has 3 heterocycles. The van der Waals surface area contributed by atoms with E-state index in [2.05, 4.69) is 11.4 Å². The zero-order valence-electron chi connectivity index (χ0n) is 9.83. The Balaban J connectivity index is 1.68. The molecule has 4 heteroatoms. The second-order valence-corrected chi connectivity index (χ2v) is 5.23. The second kappa shape index (κ2) is 4.82. The molecule has 1 aliphatic rings. The molecule has 0 atom stereocenters. The molecule has 0 saturated carbocycles. The highest BCUT2D eigenvalue weighted by atomic mass is 32.1. The maximum Gasteiger partial charge on any atom is 0.247 e. The minimum atomic E-state index is 0.0447. The Hall–Kier alpha value is -1.81. The fourth-order valence-corrected chi connectivity index (χ4v) is 2.97. The molecule has 0 radical (unpaired) electrons. The molecule has 1 amide bonds. The van der Waals surface area contributed by atoms with Gasteiger partial charge >= 0.3 is 0 Å². The van der Waals surface area contributed by atoms with Gasteiger partial charge in [0.25, 0.3) is 0 Å². The number of rotatable bonds is 2. The lowest BCUT2D eigenvalue weighted by atomic mass is 10.1. The number of amides is 1. The molecular formula is C14H13NO2S. The van der Waals surface area contributed by atoms with Crippen molar-refractivity contribution in [3.8, 4) is 0 Å². The largest absolute Gasteiger partial charge is 0.465 e. The third-order valence-corrected chi connectivity index (χ3v) is 4.08. The second-order valence-electron chi connectivity index (χ2n) is 4.23. The molecule has 0 fully saturated rings. The van der Waals surface area contributed by atoms with E-state index in [1.165, 1.54) is 10.4 Å². The number of nitrogens with zero attached hydrogens (tertiary/aromatic N) is 1. The molecule has 0 aromatic carbocycles. The number of carbonyl (C=O) groups excluding carboxylic acids is 1. The van der Waals surface area contributed by atoms with Gasteiger partial charge < -0.3 is 9.32 Å². The van der Waals surface area contributed by atoms with E-state index >= 15 is 0 Å². The van der Waals surface area contributed by atoms with Crippen molar-refractivity contribution in [2.45, 2.75) is 13.0 Å². The van der Waals surface area contributed by atoms with Gasteiger partial charge in [-0.3, -0.25) is 4.79 Å². The average molecular weight is 259 g/mol. The van der Waals surface area contributed by atoms with Gasteiger partial charge in [0, 0.05) is 24.0 Å². The smallest absolute Gasteiger partial charge is 0.247 e. The number of fused-ring (bicyclic) bond motifs is 1. The van der Waals surface area contributed by atoms with E-state index in [4.69, 9.17) is 4.42 Å². The molecule has 1 aliphatic heterocycles. The van der Waals surface area contributed by atoms with Crippen LogP contribution < -0.4 is 0 Å². The summed E-state index contributed by atoms with van der Waals surface area (Å²) in [5.41, 5.74) is 1.28. The Bertz CT molecular complexity index is 568. The Kier molecular flexibility index (Phi) is 3.02. The maximum absolute atomic E-state index is 12.0. The molecule has 0 saturated heterocycles. The minimum Gasteiger partial charge on any atom is -0.465 e. The summed E-state index contributed by atoms with van der Waals surface area (Å²) in [7, 11) is 0. The Morgan fingerprint density at radius 1 is 1.44 bits per heavy atom. The van der Waals surface area contributed by atoms with Crippen LogP contribution in [0.25, 0.3) is 6.08 Å². The molecule has 0 spiro atoms. The molecular weight excluding hydrogens is 246 g/mol. The van der Waals surface area contributed by atoms with E-state index in [0.29, 0.717) is 5.76 Å². The summed E-state index contributed by atoms with van der Waals surface area (Å²) in [6.07, 6.45) is 5.86. The molecule has 0 bridgehead atoms. The summed E-state index contributed by atoms with van der Waals surface area (Å²) in [5, 5.41) is 2.09. The summed E-state index contributed by atoms with van der Waals surface area (Å²) in [5.74, 6) is 0.750. The lowest BCUT2D eigenvalue weighted by Crippen LogP contribution is -2.34. The van der Waals surface area contributed by atoms with Crippen molar-refractivity contribution >= 4 is 23.3 Å². The summed E-state index contributed by atoms with van der Waals surface area (Å²) in [4.78, 5) is 15.3. The van der Waals surface area contributed by atoms with E-state index in [1.54, 1.807) is 29.8 Å². The molecule has 0 aliphatic carbocycles. The molecule has 0 unspecified atom stereocenters. The van der Waals surface area contributed by atoms with Crippen LogP contribution in [0.1, 0.15) is 16.2 Å². The predicted octanol–water partition coefficient (Wildman–Crippen LogP) is 2.94. The highest BCUT2D eigenvalue weighted by molar-refractivity contribution is 7.10. The van der Waals surface area contributed by atoms with Gasteiger partial charge in [-0.15, -0.1) is 11.3 Å². The molecule has 18 heavy (non-hydrogen) atoms. The Morgan fingerprint density at radius 3 is 3.22 bits per heavy atom. The third-order valence-electron chi connectivity index (χ3n) is 3.05. The van der Waals surface area contributed by atoms with Gasteiger partial charge in [-0.1, -0.05) is 0 Å². The third kappa shape index (κ3) is 2.24. The first-order chi connectivity index (χ1) is 8.83. The van der Waals surface area contributed by atoms with Gasteiger partial charge in [0.2, 0.25) is 5.91 Å². The lowest BCUT2D eigenvalue weighted by Gasteiger charge is -2.25. The Morgan fingerprint density at radius 2 is 2.39 bits per heavy atom. The molecule has 92 valence electrons. The first-order valence-corrected chi connectivity index (χ1v) is 6.76. The zero-order valence-corrected chi connectivity index (χ0v) is 10.7. The SMILES string of the molecule is O=C(/C=C/c1ccco1)N1CCc2sccc2C1. The fourth-order valence-electron chi connectivity index (χ4n) is 2.08. The van der Waals surface area contributed by atoms with Crippen molar-refractivity contribution < 1.29 is 9.21 Å². The van der Waals surface area contributed by atoms with E-state index in [1.807, 2.05) is 17.0 Å². The van der Waals surface area contributed by atoms with Crippen LogP contribution in [0, 0.1) is 0 Å². The molecule has 0 N–H and O–H groups in total. The highest BCUT2D eigenvalue weighted by Crippen LogP contribution is 2.24. The van der Waals surface area contributed by atoms with Crippen LogP contribution in [-0.4, -0.2) is 17.4 Å². The van der Waals surface area contributed by atoms with Crippen molar-refractivity contribution in [1.29, 1.82) is 0 Å². The van der Waals surface area contributed by atoms with Crippen molar-refractivity contribution in [1.82, 2.24) is 4.90 Å². The van der Waals surface area contributed by atoms with Gasteiger partial charge in [0.15, 0.2) is 0 Å². The minimum absolute atomic E-state index is 0.0447. The number of hydrogen-bond donors (Lipinski definition) is 0. The van der Waals surface area contributed by atoms with Gasteiger partial charge in [0.05, 0.1) is 6.26 Å². The van der Waals surface area contributed by atoms with Crippen molar-refractivity contribution in [2.24, 2.45) is 0 Å². The molecule has 2 aromatic rings. The first kappa shape index (κ1) is 11.3. The van der Waals surface area contributed by atoms with E-state index in [-0.39, 0.29) is 5.91 Å². The summed E-state index contributed by atoms with van der Waals surface area (Å²) in [6.45, 7) is 1.52. The zero-order chi connectivity index (χ0) is 12.4. The lowest BCUT2D eigenvalue weighted by molar-refractivity contribution is -0.126. The number of carbonyl (C=O) groups is 1. The van der Waals surface area contributed by atoms with Gasteiger partial charge in [0.1, 0.15) is 5.76 Å². The van der Waals surface area contributed by atoms with Gasteiger partial charge in [-0.05, 0) is 41.6 Å². The predicted molar refractivity (Wildman–Crippen MR) is 71.2 cm³/mol. The van der Waals surface area contributed by atoms with Crippen LogP contribution in [0.3, 0.4) is 0 Å². The summed E-state index contributed by atoms with van der Waals surface area (Å²) >= 11 is 1.78.